The average Bonchev–Trinajstić information content (AvgIpc) is 2.18. The van der Waals surface area contributed by atoms with Gasteiger partial charge >= 0.3 is 35.8 Å². The van der Waals surface area contributed by atoms with Gasteiger partial charge in [-0.05, 0) is 0 Å². The third-order valence-electron chi connectivity index (χ3n) is 0.549. The average molecular weight is 462 g/mol. The molecule has 6 N–H and O–H groups in total. The summed E-state index contributed by atoms with van der Waals surface area (Å²) in [4.78, 5) is 54.6. The molecule has 12 nitrogen and oxygen atoms in total. The Morgan fingerprint density at radius 3 is 0.421 bits per heavy atom. The molecule has 0 aromatic carbocycles. The summed E-state index contributed by atoms with van der Waals surface area (Å²) in [6.45, 7) is 0. The van der Waals surface area contributed by atoms with Gasteiger partial charge in [0.15, 0.2) is 0 Å². The van der Waals surface area contributed by atoms with E-state index in [1.165, 1.54) is 0 Å². The summed E-state index contributed by atoms with van der Waals surface area (Å²) in [6, 6.07) is 0. The molecule has 0 unspecified atom stereocenters. The molecule has 0 fully saturated rings. The Balaban J connectivity index is -0.0000000865. The molecule has 0 rings (SSSR count). The van der Waals surface area contributed by atoms with Gasteiger partial charge in [-0.1, -0.05) is 0 Å². The van der Waals surface area contributed by atoms with E-state index in [9.17, 15) is 0 Å². The molecule has 0 bridgehead atoms. The van der Waals surface area contributed by atoms with Gasteiger partial charge in [-0.15, -0.1) is 0 Å². The largest absolute Gasteiger partial charge is 0.473 e. The van der Waals surface area contributed by atoms with Gasteiger partial charge < -0.3 is 30.6 Å². The molecule has 0 saturated heterocycles. The fourth-order valence-corrected chi connectivity index (χ4v) is 0. The summed E-state index contributed by atoms with van der Waals surface area (Å²) in [5.41, 5.74) is 0. The van der Waals surface area contributed by atoms with E-state index in [2.05, 4.69) is 0 Å². The molecule has 0 amide bonds. The van der Waals surface area contributed by atoms with E-state index in [0.29, 0.717) is 0 Å². The summed E-state index contributed by atoms with van der Waals surface area (Å²) in [5.74, 6) is -10.9. The van der Waals surface area contributed by atoms with Gasteiger partial charge in [0.25, 0.3) is 0 Å². The van der Waals surface area contributed by atoms with Crippen molar-refractivity contribution in [2.75, 3.05) is 0 Å². The van der Waals surface area contributed by atoms with Crippen molar-refractivity contribution in [3.8, 4) is 0 Å². The van der Waals surface area contributed by atoms with Crippen LogP contribution in [0.2, 0.25) is 0 Å². The Bertz CT molecular complexity index is 277. The second kappa shape index (κ2) is 13.5. The van der Waals surface area contributed by atoms with Crippen molar-refractivity contribution in [2.24, 2.45) is 0 Å². The zero-order valence-corrected chi connectivity index (χ0v) is 10.9. The predicted molar refractivity (Wildman–Crippen MR) is 45.8 cm³/mol. The maximum Gasteiger partial charge on any atom is 0.414 e. The van der Waals surface area contributed by atoms with Gasteiger partial charge in [0.05, 0.1) is 0 Å². The Morgan fingerprint density at radius 2 is 0.421 bits per heavy atom. The van der Waals surface area contributed by atoms with Crippen molar-refractivity contribution in [1.82, 2.24) is 0 Å². The van der Waals surface area contributed by atoms with Gasteiger partial charge in [-0.3, -0.25) is 0 Å². The number of carboxylic acids is 6. The monoisotopic (exact) mass is 463 g/mol. The molecule has 0 aromatic heterocycles. The van der Waals surface area contributed by atoms with Crippen molar-refractivity contribution in [2.45, 2.75) is 0 Å². The number of hydrogen-bond acceptors (Lipinski definition) is 6. The number of carbonyl (C=O) groups is 6. The Kier molecular flexibility index (Phi) is 18.1. The van der Waals surface area contributed by atoms with Crippen LogP contribution in [0.4, 0.5) is 0 Å². The van der Waals surface area contributed by atoms with E-state index in [0.717, 1.165) is 0 Å². The summed E-state index contributed by atoms with van der Waals surface area (Å²) in [7, 11) is 0. The van der Waals surface area contributed by atoms with Gasteiger partial charge in [0.2, 0.25) is 0 Å². The first-order valence-electron chi connectivity index (χ1n) is 3.32. The van der Waals surface area contributed by atoms with Crippen LogP contribution < -0.4 is 0 Å². The molecule has 111 valence electrons. The molecule has 13 heteroatoms. The fourth-order valence-electron chi connectivity index (χ4n) is 0. The minimum absolute atomic E-state index is 0. The van der Waals surface area contributed by atoms with Crippen LogP contribution in [0, 0.1) is 0 Å². The quantitative estimate of drug-likeness (QED) is 0.205. The molecular weight excluding hydrogens is 456 g/mol. The van der Waals surface area contributed by atoms with Crippen molar-refractivity contribution in [1.29, 1.82) is 0 Å². The molecule has 1 radical (unpaired) electrons. The van der Waals surface area contributed by atoms with Crippen molar-refractivity contribution in [3.63, 3.8) is 0 Å². The van der Waals surface area contributed by atoms with Crippen LogP contribution in [-0.2, 0) is 48.9 Å². The van der Waals surface area contributed by atoms with Gasteiger partial charge in [0.1, 0.15) is 0 Å². The maximum atomic E-state index is 9.10. The minimum Gasteiger partial charge on any atom is -0.473 e. The first-order chi connectivity index (χ1) is 7.93. The van der Waals surface area contributed by atoms with Gasteiger partial charge in [-0.2, -0.15) is 0 Å². The van der Waals surface area contributed by atoms with Gasteiger partial charge in [-0.25, -0.2) is 28.8 Å². The summed E-state index contributed by atoms with van der Waals surface area (Å²) < 4.78 is 0. The summed E-state index contributed by atoms with van der Waals surface area (Å²) in [5, 5.41) is 44.3. The maximum absolute atomic E-state index is 9.10. The standard InChI is InChI=1S/3C2H2O4.Ir/c3*3-1(4)2(5)6;/h3*(H,3,4)(H,5,6);. The smallest absolute Gasteiger partial charge is 0.414 e. The molecular formula is C6H6IrO12. The van der Waals surface area contributed by atoms with E-state index in [-0.39, 0.29) is 20.1 Å². The Labute approximate surface area is 116 Å². The zero-order valence-electron chi connectivity index (χ0n) is 8.47. The molecule has 0 atom stereocenters. The molecule has 0 spiro atoms. The second-order valence-corrected chi connectivity index (χ2v) is 1.83. The van der Waals surface area contributed by atoms with Crippen molar-refractivity contribution >= 4 is 35.8 Å². The van der Waals surface area contributed by atoms with Crippen LogP contribution in [0.25, 0.3) is 0 Å². The van der Waals surface area contributed by atoms with Crippen LogP contribution >= 0.6 is 0 Å². The zero-order chi connectivity index (χ0) is 15.5. The fraction of sp³-hybridized carbons (Fsp3) is 0. The van der Waals surface area contributed by atoms with E-state index < -0.39 is 35.8 Å². The molecule has 0 aliphatic rings. The summed E-state index contributed by atoms with van der Waals surface area (Å²) in [6.07, 6.45) is 0. The van der Waals surface area contributed by atoms with E-state index >= 15 is 0 Å². The number of rotatable bonds is 0. The third kappa shape index (κ3) is 31.3. The number of hydrogen-bond donors (Lipinski definition) is 6. The minimum atomic E-state index is -1.82. The van der Waals surface area contributed by atoms with Crippen LogP contribution in [0.3, 0.4) is 0 Å². The normalized spacial score (nSPS) is 6.95. The molecule has 19 heavy (non-hydrogen) atoms. The third-order valence-corrected chi connectivity index (χ3v) is 0.549. The number of carboxylic acid groups (broad SMARTS) is 6. The van der Waals surface area contributed by atoms with Gasteiger partial charge in [0, 0.05) is 20.1 Å². The summed E-state index contributed by atoms with van der Waals surface area (Å²) >= 11 is 0. The van der Waals surface area contributed by atoms with Crippen molar-refractivity contribution in [3.05, 3.63) is 0 Å². The Morgan fingerprint density at radius 1 is 0.368 bits per heavy atom. The molecule has 0 aliphatic heterocycles. The number of aliphatic carboxylic acids is 6. The van der Waals surface area contributed by atoms with Crippen LogP contribution in [0.1, 0.15) is 0 Å². The molecule has 0 heterocycles. The topological polar surface area (TPSA) is 224 Å². The van der Waals surface area contributed by atoms with Crippen LogP contribution in [0.5, 0.6) is 0 Å². The van der Waals surface area contributed by atoms with E-state index in [1.54, 1.807) is 0 Å². The first-order valence-corrected chi connectivity index (χ1v) is 3.32. The van der Waals surface area contributed by atoms with Crippen molar-refractivity contribution < 1.29 is 79.5 Å². The predicted octanol–water partition coefficient (Wildman–Crippen LogP) is -2.54. The Hall–Kier alpha value is -2.53. The first kappa shape index (κ1) is 25.3. The van der Waals surface area contributed by atoms with Crippen LogP contribution in [-0.4, -0.2) is 66.5 Å². The molecule has 0 aromatic rings. The molecule has 0 aliphatic carbocycles. The molecule has 0 saturated carbocycles. The van der Waals surface area contributed by atoms with E-state index in [4.69, 9.17) is 59.4 Å². The second-order valence-electron chi connectivity index (χ2n) is 1.83. The van der Waals surface area contributed by atoms with E-state index in [1.807, 2.05) is 0 Å². The SMILES string of the molecule is O=C(O)C(=O)O.O=C(O)C(=O)O.O=C(O)C(=O)O.[Ir]. The van der Waals surface area contributed by atoms with Crippen LogP contribution in [0.15, 0.2) is 0 Å².